The van der Waals surface area contributed by atoms with Crippen molar-refractivity contribution in [3.8, 4) is 0 Å². The minimum atomic E-state index is -0.295. The molecule has 0 bridgehead atoms. The number of ketones is 1. The molecule has 1 aliphatic heterocycles. The van der Waals surface area contributed by atoms with Gasteiger partial charge in [-0.1, -0.05) is 0 Å². The molecule has 2 heteroatoms. The SMILES string of the molecule is CC1=COC(C)(C)CC1=O. The Bertz CT molecular complexity index is 189. The third kappa shape index (κ3) is 1.38. The van der Waals surface area contributed by atoms with Crippen molar-refractivity contribution >= 4 is 5.78 Å². The third-order valence-corrected chi connectivity index (χ3v) is 1.58. The Morgan fingerprint density at radius 2 is 2.20 bits per heavy atom. The second kappa shape index (κ2) is 2.11. The number of allylic oxidation sites excluding steroid dienone is 1. The summed E-state index contributed by atoms with van der Waals surface area (Å²) in [5, 5.41) is 0. The maximum absolute atomic E-state index is 11.1. The molecule has 1 rings (SSSR count). The summed E-state index contributed by atoms with van der Waals surface area (Å²) in [7, 11) is 0. The van der Waals surface area contributed by atoms with Crippen molar-refractivity contribution in [3.63, 3.8) is 0 Å². The zero-order valence-electron chi connectivity index (χ0n) is 6.60. The van der Waals surface area contributed by atoms with E-state index in [1.807, 2.05) is 13.8 Å². The minimum absolute atomic E-state index is 0.191. The summed E-state index contributed by atoms with van der Waals surface area (Å²) in [4.78, 5) is 11.1. The normalized spacial score (nSPS) is 23.5. The summed E-state index contributed by atoms with van der Waals surface area (Å²) >= 11 is 0. The van der Waals surface area contributed by atoms with Crippen LogP contribution < -0.4 is 0 Å². The van der Waals surface area contributed by atoms with Crippen LogP contribution in [0, 0.1) is 0 Å². The van der Waals surface area contributed by atoms with Crippen LogP contribution in [-0.2, 0) is 9.53 Å². The van der Waals surface area contributed by atoms with Gasteiger partial charge in [0.2, 0.25) is 0 Å². The first-order valence-electron chi connectivity index (χ1n) is 3.39. The Morgan fingerprint density at radius 1 is 1.60 bits per heavy atom. The van der Waals surface area contributed by atoms with Crippen LogP contribution in [0.25, 0.3) is 0 Å². The number of carbonyl (C=O) groups is 1. The van der Waals surface area contributed by atoms with E-state index < -0.39 is 0 Å². The van der Waals surface area contributed by atoms with E-state index in [4.69, 9.17) is 4.74 Å². The zero-order chi connectivity index (χ0) is 7.78. The van der Waals surface area contributed by atoms with E-state index in [2.05, 4.69) is 0 Å². The second-order valence-electron chi connectivity index (χ2n) is 3.28. The fourth-order valence-electron chi connectivity index (χ4n) is 0.881. The third-order valence-electron chi connectivity index (χ3n) is 1.58. The van der Waals surface area contributed by atoms with Crippen LogP contribution in [-0.4, -0.2) is 11.4 Å². The molecule has 0 atom stereocenters. The van der Waals surface area contributed by atoms with Crippen LogP contribution in [0.3, 0.4) is 0 Å². The van der Waals surface area contributed by atoms with E-state index in [0.29, 0.717) is 6.42 Å². The minimum Gasteiger partial charge on any atom is -0.495 e. The van der Waals surface area contributed by atoms with Crippen LogP contribution >= 0.6 is 0 Å². The smallest absolute Gasteiger partial charge is 0.165 e. The van der Waals surface area contributed by atoms with Gasteiger partial charge >= 0.3 is 0 Å². The van der Waals surface area contributed by atoms with Crippen molar-refractivity contribution in [1.29, 1.82) is 0 Å². The van der Waals surface area contributed by atoms with E-state index in [-0.39, 0.29) is 11.4 Å². The first kappa shape index (κ1) is 7.32. The molecule has 0 spiro atoms. The predicted molar refractivity (Wildman–Crippen MR) is 38.5 cm³/mol. The standard InChI is InChI=1S/C8H12O2/c1-6-5-10-8(2,3)4-7(6)9/h5H,4H2,1-3H3. The Kier molecular flexibility index (Phi) is 1.55. The Balaban J connectivity index is 2.79. The van der Waals surface area contributed by atoms with Gasteiger partial charge in [-0.2, -0.15) is 0 Å². The lowest BCUT2D eigenvalue weighted by atomic mass is 9.96. The highest BCUT2D eigenvalue weighted by Gasteiger charge is 2.27. The number of Topliss-reactive ketones (excluding diaryl/α,β-unsaturated/α-hetero) is 1. The molecule has 1 heterocycles. The van der Waals surface area contributed by atoms with Crippen LogP contribution in [0.2, 0.25) is 0 Å². The van der Waals surface area contributed by atoms with E-state index in [1.165, 1.54) is 0 Å². The lowest BCUT2D eigenvalue weighted by Crippen LogP contribution is -2.30. The summed E-state index contributed by atoms with van der Waals surface area (Å²) in [5.41, 5.74) is 0.427. The quantitative estimate of drug-likeness (QED) is 0.511. The highest BCUT2D eigenvalue weighted by Crippen LogP contribution is 2.22. The molecule has 0 unspecified atom stereocenters. The second-order valence-corrected chi connectivity index (χ2v) is 3.28. The molecule has 0 saturated heterocycles. The lowest BCUT2D eigenvalue weighted by molar-refractivity contribution is -0.121. The Hall–Kier alpha value is -0.790. The van der Waals surface area contributed by atoms with Gasteiger partial charge in [-0.15, -0.1) is 0 Å². The first-order valence-corrected chi connectivity index (χ1v) is 3.39. The summed E-state index contributed by atoms with van der Waals surface area (Å²) < 4.78 is 5.27. The molecule has 0 saturated carbocycles. The van der Waals surface area contributed by atoms with Gasteiger partial charge in [0, 0.05) is 12.0 Å². The molecule has 0 aromatic carbocycles. The van der Waals surface area contributed by atoms with Crippen molar-refractivity contribution in [2.45, 2.75) is 32.8 Å². The number of ether oxygens (including phenoxy) is 1. The molecule has 0 aliphatic carbocycles. The highest BCUT2D eigenvalue weighted by molar-refractivity contribution is 5.95. The van der Waals surface area contributed by atoms with Crippen molar-refractivity contribution in [3.05, 3.63) is 11.8 Å². The van der Waals surface area contributed by atoms with Gasteiger partial charge < -0.3 is 4.74 Å². The summed E-state index contributed by atoms with van der Waals surface area (Å²) in [6, 6.07) is 0. The van der Waals surface area contributed by atoms with Crippen LogP contribution in [0.4, 0.5) is 0 Å². The molecule has 1 aliphatic rings. The van der Waals surface area contributed by atoms with Gasteiger partial charge in [-0.3, -0.25) is 4.79 Å². The van der Waals surface area contributed by atoms with E-state index in [1.54, 1.807) is 13.2 Å². The molecule has 2 nitrogen and oxygen atoms in total. The number of carbonyl (C=O) groups excluding carboxylic acids is 1. The van der Waals surface area contributed by atoms with Crippen LogP contribution in [0.5, 0.6) is 0 Å². The van der Waals surface area contributed by atoms with Crippen LogP contribution in [0.1, 0.15) is 27.2 Å². The van der Waals surface area contributed by atoms with Crippen molar-refractivity contribution in [1.82, 2.24) is 0 Å². The summed E-state index contributed by atoms with van der Waals surface area (Å²) in [5.74, 6) is 0.191. The van der Waals surface area contributed by atoms with Gasteiger partial charge in [0.1, 0.15) is 5.60 Å². The van der Waals surface area contributed by atoms with Gasteiger partial charge in [0.05, 0.1) is 6.26 Å². The van der Waals surface area contributed by atoms with Crippen LogP contribution in [0.15, 0.2) is 11.8 Å². The van der Waals surface area contributed by atoms with Crippen molar-refractivity contribution in [2.24, 2.45) is 0 Å². The number of rotatable bonds is 0. The molecular weight excluding hydrogens is 128 g/mol. The zero-order valence-corrected chi connectivity index (χ0v) is 6.60. The maximum Gasteiger partial charge on any atom is 0.165 e. The predicted octanol–water partition coefficient (Wildman–Crippen LogP) is 1.66. The fraction of sp³-hybridized carbons (Fsp3) is 0.625. The average Bonchev–Trinajstić information content (AvgIpc) is 1.79. The maximum atomic E-state index is 11.1. The summed E-state index contributed by atoms with van der Waals surface area (Å²) in [6.07, 6.45) is 2.04. The molecule has 0 aromatic rings. The fourth-order valence-corrected chi connectivity index (χ4v) is 0.881. The molecule has 0 amide bonds. The first-order chi connectivity index (χ1) is 4.51. The van der Waals surface area contributed by atoms with Gasteiger partial charge in [0.25, 0.3) is 0 Å². The largest absolute Gasteiger partial charge is 0.495 e. The molecule has 0 radical (unpaired) electrons. The molecule has 56 valence electrons. The monoisotopic (exact) mass is 140 g/mol. The van der Waals surface area contributed by atoms with Crippen molar-refractivity contribution < 1.29 is 9.53 Å². The number of hydrogen-bond donors (Lipinski definition) is 0. The van der Waals surface area contributed by atoms with E-state index >= 15 is 0 Å². The number of hydrogen-bond acceptors (Lipinski definition) is 2. The molecule has 0 aromatic heterocycles. The lowest BCUT2D eigenvalue weighted by Gasteiger charge is -2.27. The van der Waals surface area contributed by atoms with Gasteiger partial charge in [-0.05, 0) is 20.8 Å². The average molecular weight is 140 g/mol. The molecule has 0 fully saturated rings. The topological polar surface area (TPSA) is 26.3 Å². The molecule has 10 heavy (non-hydrogen) atoms. The van der Waals surface area contributed by atoms with Crippen molar-refractivity contribution in [2.75, 3.05) is 0 Å². The summed E-state index contributed by atoms with van der Waals surface area (Å²) in [6.45, 7) is 5.60. The molecular formula is C8H12O2. The van der Waals surface area contributed by atoms with Gasteiger partial charge in [-0.25, -0.2) is 0 Å². The Morgan fingerprint density at radius 3 is 2.60 bits per heavy atom. The highest BCUT2D eigenvalue weighted by atomic mass is 16.5. The van der Waals surface area contributed by atoms with E-state index in [0.717, 1.165) is 5.57 Å². The Labute approximate surface area is 60.9 Å². The van der Waals surface area contributed by atoms with Gasteiger partial charge in [0.15, 0.2) is 5.78 Å². The molecule has 0 N–H and O–H groups in total. The van der Waals surface area contributed by atoms with E-state index in [9.17, 15) is 4.79 Å².